The number of benzene rings is 1. The zero-order valence-electron chi connectivity index (χ0n) is 12.0. The maximum absolute atomic E-state index is 13.2. The highest BCUT2D eigenvalue weighted by molar-refractivity contribution is 5.35. The lowest BCUT2D eigenvalue weighted by Crippen LogP contribution is -2.42. The van der Waals surface area contributed by atoms with Crippen molar-refractivity contribution in [3.63, 3.8) is 0 Å². The molecule has 2 unspecified atom stereocenters. The largest absolute Gasteiger partial charge is 0.396 e. The molecule has 0 heterocycles. The highest BCUT2D eigenvalue weighted by atomic mass is 19.1. The second-order valence-electron chi connectivity index (χ2n) is 6.53. The molecule has 1 aliphatic carbocycles. The Hall–Kier alpha value is -0.930. The molecule has 1 aromatic rings. The molecule has 0 spiro atoms. The van der Waals surface area contributed by atoms with E-state index < -0.39 is 0 Å². The molecule has 0 aliphatic heterocycles. The number of hydrogen-bond donors (Lipinski definition) is 2. The number of aliphatic hydroxyl groups is 1. The third-order valence-corrected chi connectivity index (χ3v) is 4.05. The predicted molar refractivity (Wildman–Crippen MR) is 75.5 cm³/mol. The van der Waals surface area contributed by atoms with Crippen LogP contribution in [0.3, 0.4) is 0 Å². The van der Waals surface area contributed by atoms with Crippen molar-refractivity contribution in [2.24, 2.45) is 5.41 Å². The van der Waals surface area contributed by atoms with Crippen LogP contribution in [0, 0.1) is 11.2 Å². The Kier molecular flexibility index (Phi) is 4.26. The average Bonchev–Trinajstić information content (AvgIpc) is 2.70. The SMILES string of the molecule is CC(C)(C)C(CCO)NC1CCc2cc(F)ccc21. The van der Waals surface area contributed by atoms with E-state index in [1.54, 1.807) is 6.07 Å². The van der Waals surface area contributed by atoms with E-state index in [1.165, 1.54) is 11.6 Å². The molecule has 0 saturated carbocycles. The van der Waals surface area contributed by atoms with Crippen molar-refractivity contribution in [2.75, 3.05) is 6.61 Å². The summed E-state index contributed by atoms with van der Waals surface area (Å²) in [6.45, 7) is 6.74. The summed E-state index contributed by atoms with van der Waals surface area (Å²) in [5.41, 5.74) is 2.44. The van der Waals surface area contributed by atoms with Gasteiger partial charge < -0.3 is 10.4 Å². The van der Waals surface area contributed by atoms with Crippen LogP contribution in [0.25, 0.3) is 0 Å². The number of fused-ring (bicyclic) bond motifs is 1. The average molecular weight is 265 g/mol. The van der Waals surface area contributed by atoms with Crippen LogP contribution >= 0.6 is 0 Å². The molecule has 106 valence electrons. The summed E-state index contributed by atoms with van der Waals surface area (Å²) in [5.74, 6) is -0.151. The maximum Gasteiger partial charge on any atom is 0.123 e. The first kappa shape index (κ1) is 14.5. The molecule has 19 heavy (non-hydrogen) atoms. The summed E-state index contributed by atoms with van der Waals surface area (Å²) in [7, 11) is 0. The first-order valence-electron chi connectivity index (χ1n) is 7.07. The van der Waals surface area contributed by atoms with Gasteiger partial charge in [0.15, 0.2) is 0 Å². The molecule has 0 aromatic heterocycles. The highest BCUT2D eigenvalue weighted by Gasteiger charge is 2.30. The molecular weight excluding hydrogens is 241 g/mol. The summed E-state index contributed by atoms with van der Waals surface area (Å²) >= 11 is 0. The Morgan fingerprint density at radius 1 is 1.42 bits per heavy atom. The maximum atomic E-state index is 13.2. The molecule has 0 fully saturated rings. The molecule has 2 atom stereocenters. The van der Waals surface area contributed by atoms with Crippen molar-refractivity contribution >= 4 is 0 Å². The number of aliphatic hydroxyl groups excluding tert-OH is 1. The molecule has 0 saturated heterocycles. The lowest BCUT2D eigenvalue weighted by Gasteiger charge is -2.34. The topological polar surface area (TPSA) is 32.3 Å². The third kappa shape index (κ3) is 3.34. The van der Waals surface area contributed by atoms with Crippen molar-refractivity contribution in [2.45, 2.75) is 52.1 Å². The van der Waals surface area contributed by atoms with Gasteiger partial charge in [-0.15, -0.1) is 0 Å². The minimum Gasteiger partial charge on any atom is -0.396 e. The summed E-state index contributed by atoms with van der Waals surface area (Å²) in [6.07, 6.45) is 2.69. The second kappa shape index (κ2) is 5.59. The van der Waals surface area contributed by atoms with Crippen LogP contribution in [-0.2, 0) is 6.42 Å². The fraction of sp³-hybridized carbons (Fsp3) is 0.625. The van der Waals surface area contributed by atoms with Crippen molar-refractivity contribution in [1.82, 2.24) is 5.32 Å². The molecule has 2 rings (SSSR count). The van der Waals surface area contributed by atoms with Crippen molar-refractivity contribution in [1.29, 1.82) is 0 Å². The van der Waals surface area contributed by atoms with E-state index in [9.17, 15) is 9.50 Å². The third-order valence-electron chi connectivity index (χ3n) is 4.05. The number of aryl methyl sites for hydroxylation is 1. The zero-order chi connectivity index (χ0) is 14.0. The quantitative estimate of drug-likeness (QED) is 0.876. The van der Waals surface area contributed by atoms with Crippen LogP contribution in [0.15, 0.2) is 18.2 Å². The summed E-state index contributed by atoms with van der Waals surface area (Å²) in [6, 6.07) is 5.63. The number of hydrogen-bond acceptors (Lipinski definition) is 2. The lowest BCUT2D eigenvalue weighted by atomic mass is 9.84. The van der Waals surface area contributed by atoms with Crippen LogP contribution < -0.4 is 5.32 Å². The minimum atomic E-state index is -0.151. The standard InChI is InChI=1S/C16H24FNO/c1-16(2,3)15(8-9-19)18-14-7-4-11-10-12(17)5-6-13(11)14/h5-6,10,14-15,18-19H,4,7-9H2,1-3H3. The van der Waals surface area contributed by atoms with Crippen LogP contribution in [-0.4, -0.2) is 17.8 Å². The Labute approximate surface area is 115 Å². The number of nitrogens with one attached hydrogen (secondary N) is 1. The Balaban J connectivity index is 2.13. The molecule has 0 radical (unpaired) electrons. The molecule has 0 bridgehead atoms. The van der Waals surface area contributed by atoms with Gasteiger partial charge in [-0.1, -0.05) is 26.8 Å². The van der Waals surface area contributed by atoms with Gasteiger partial charge in [-0.2, -0.15) is 0 Å². The van der Waals surface area contributed by atoms with E-state index in [-0.39, 0.29) is 29.9 Å². The molecule has 2 N–H and O–H groups in total. The summed E-state index contributed by atoms with van der Waals surface area (Å²) in [4.78, 5) is 0. The van der Waals surface area contributed by atoms with E-state index in [0.717, 1.165) is 24.8 Å². The van der Waals surface area contributed by atoms with Gasteiger partial charge in [0.25, 0.3) is 0 Å². The number of halogens is 1. The van der Waals surface area contributed by atoms with Gasteiger partial charge in [-0.25, -0.2) is 4.39 Å². The van der Waals surface area contributed by atoms with E-state index >= 15 is 0 Å². The molecule has 1 aromatic carbocycles. The van der Waals surface area contributed by atoms with E-state index in [4.69, 9.17) is 0 Å². The molecule has 1 aliphatic rings. The van der Waals surface area contributed by atoms with Crippen LogP contribution in [0.1, 0.15) is 50.8 Å². The fourth-order valence-corrected chi connectivity index (χ4v) is 2.90. The Bertz CT molecular complexity index is 439. The second-order valence-corrected chi connectivity index (χ2v) is 6.53. The Morgan fingerprint density at radius 2 is 2.16 bits per heavy atom. The molecular formula is C16H24FNO. The lowest BCUT2D eigenvalue weighted by molar-refractivity contribution is 0.185. The Morgan fingerprint density at radius 3 is 2.79 bits per heavy atom. The van der Waals surface area contributed by atoms with Crippen molar-refractivity contribution in [3.8, 4) is 0 Å². The van der Waals surface area contributed by atoms with Gasteiger partial charge >= 0.3 is 0 Å². The van der Waals surface area contributed by atoms with Gasteiger partial charge in [-0.05, 0) is 47.9 Å². The molecule has 2 nitrogen and oxygen atoms in total. The van der Waals surface area contributed by atoms with Crippen molar-refractivity contribution in [3.05, 3.63) is 35.1 Å². The first-order chi connectivity index (χ1) is 8.91. The van der Waals surface area contributed by atoms with Gasteiger partial charge in [0.2, 0.25) is 0 Å². The predicted octanol–water partition coefficient (Wildman–Crippen LogP) is 3.20. The van der Waals surface area contributed by atoms with Crippen LogP contribution in [0.5, 0.6) is 0 Å². The van der Waals surface area contributed by atoms with Crippen LogP contribution in [0.4, 0.5) is 4.39 Å². The van der Waals surface area contributed by atoms with E-state index in [0.29, 0.717) is 0 Å². The molecule has 3 heteroatoms. The number of rotatable bonds is 4. The smallest absolute Gasteiger partial charge is 0.123 e. The van der Waals surface area contributed by atoms with E-state index in [2.05, 4.69) is 26.1 Å². The zero-order valence-corrected chi connectivity index (χ0v) is 12.0. The normalized spacial score (nSPS) is 20.4. The van der Waals surface area contributed by atoms with Gasteiger partial charge in [-0.3, -0.25) is 0 Å². The monoisotopic (exact) mass is 265 g/mol. The van der Waals surface area contributed by atoms with Gasteiger partial charge in [0.05, 0.1) is 0 Å². The van der Waals surface area contributed by atoms with Gasteiger partial charge in [0, 0.05) is 18.7 Å². The summed E-state index contributed by atoms with van der Waals surface area (Å²) in [5, 5.41) is 12.9. The highest BCUT2D eigenvalue weighted by Crippen LogP contribution is 2.34. The van der Waals surface area contributed by atoms with Crippen molar-refractivity contribution < 1.29 is 9.50 Å². The minimum absolute atomic E-state index is 0.103. The molecule has 0 amide bonds. The summed E-state index contributed by atoms with van der Waals surface area (Å²) < 4.78 is 13.2. The fourth-order valence-electron chi connectivity index (χ4n) is 2.90. The van der Waals surface area contributed by atoms with Crippen LogP contribution in [0.2, 0.25) is 0 Å². The van der Waals surface area contributed by atoms with E-state index in [1.807, 2.05) is 6.07 Å². The van der Waals surface area contributed by atoms with Gasteiger partial charge in [0.1, 0.15) is 5.82 Å². The first-order valence-corrected chi connectivity index (χ1v) is 7.07.